The highest BCUT2D eigenvalue weighted by atomic mass is 32.2. The Morgan fingerprint density at radius 2 is 1.60 bits per heavy atom. The summed E-state index contributed by atoms with van der Waals surface area (Å²) in [4.78, 5) is 12.1. The highest BCUT2D eigenvalue weighted by Gasteiger charge is 2.17. The van der Waals surface area contributed by atoms with Gasteiger partial charge in [-0.3, -0.25) is 9.52 Å². The molecular formula is C19H24N2O3S. The van der Waals surface area contributed by atoms with Gasteiger partial charge in [-0.1, -0.05) is 31.5 Å². The maximum Gasteiger partial charge on any atom is 0.261 e. The minimum absolute atomic E-state index is 0.125. The molecule has 0 spiro atoms. The first kappa shape index (κ1) is 19.0. The Bertz CT molecular complexity index is 823. The van der Waals surface area contributed by atoms with Crippen molar-refractivity contribution in [3.63, 3.8) is 0 Å². The van der Waals surface area contributed by atoms with E-state index in [4.69, 9.17) is 0 Å². The van der Waals surface area contributed by atoms with Gasteiger partial charge in [-0.05, 0) is 55.7 Å². The third-order valence-electron chi connectivity index (χ3n) is 3.96. The highest BCUT2D eigenvalue weighted by molar-refractivity contribution is 7.92. The van der Waals surface area contributed by atoms with E-state index in [-0.39, 0.29) is 10.8 Å². The molecule has 0 bridgehead atoms. The van der Waals surface area contributed by atoms with E-state index in [1.54, 1.807) is 0 Å². The number of unbranched alkanes of at least 4 members (excludes halogenated alkanes) is 1. The maximum absolute atomic E-state index is 12.6. The number of carbonyl (C=O) groups excluding carboxylic acids is 1. The second-order valence-electron chi connectivity index (χ2n) is 6.01. The number of aryl methyl sites for hydroxylation is 2. The monoisotopic (exact) mass is 360 g/mol. The fourth-order valence-corrected chi connectivity index (χ4v) is 3.64. The molecule has 0 saturated heterocycles. The normalized spacial score (nSPS) is 11.2. The predicted octanol–water partition coefficient (Wildman–Crippen LogP) is 3.63. The third-order valence-corrected chi connectivity index (χ3v) is 5.33. The zero-order chi connectivity index (χ0) is 18.4. The van der Waals surface area contributed by atoms with E-state index < -0.39 is 10.0 Å². The fourth-order valence-electron chi connectivity index (χ4n) is 2.43. The summed E-state index contributed by atoms with van der Waals surface area (Å²) in [7, 11) is -3.70. The van der Waals surface area contributed by atoms with Gasteiger partial charge in [0.1, 0.15) is 0 Å². The van der Waals surface area contributed by atoms with E-state index in [1.165, 1.54) is 24.3 Å². The van der Waals surface area contributed by atoms with Crippen LogP contribution in [-0.4, -0.2) is 20.9 Å². The number of hydrogen-bond acceptors (Lipinski definition) is 3. The number of rotatable bonds is 7. The van der Waals surface area contributed by atoms with Crippen LogP contribution in [0.1, 0.15) is 41.3 Å². The molecule has 0 aliphatic rings. The van der Waals surface area contributed by atoms with Gasteiger partial charge < -0.3 is 5.32 Å². The van der Waals surface area contributed by atoms with Gasteiger partial charge in [0.05, 0.1) is 10.6 Å². The minimum atomic E-state index is -3.70. The summed E-state index contributed by atoms with van der Waals surface area (Å²) in [6.07, 6.45) is 1.92. The van der Waals surface area contributed by atoms with Crippen LogP contribution in [0, 0.1) is 13.8 Å². The van der Waals surface area contributed by atoms with Gasteiger partial charge in [0.25, 0.3) is 15.9 Å². The lowest BCUT2D eigenvalue weighted by Gasteiger charge is -2.13. The fraction of sp³-hybridized carbons (Fsp3) is 0.316. The van der Waals surface area contributed by atoms with Gasteiger partial charge in [-0.15, -0.1) is 0 Å². The summed E-state index contributed by atoms with van der Waals surface area (Å²) in [5, 5.41) is 2.81. The van der Waals surface area contributed by atoms with Gasteiger partial charge in [0, 0.05) is 12.1 Å². The van der Waals surface area contributed by atoms with Crippen LogP contribution in [0.3, 0.4) is 0 Å². The Hall–Kier alpha value is -2.34. The van der Waals surface area contributed by atoms with Crippen LogP contribution >= 0.6 is 0 Å². The molecule has 2 aromatic rings. The molecule has 2 aromatic carbocycles. The first-order valence-corrected chi connectivity index (χ1v) is 9.80. The largest absolute Gasteiger partial charge is 0.352 e. The van der Waals surface area contributed by atoms with E-state index in [0.29, 0.717) is 17.8 Å². The number of sulfonamides is 1. The van der Waals surface area contributed by atoms with Gasteiger partial charge in [0.15, 0.2) is 0 Å². The highest BCUT2D eigenvalue weighted by Crippen LogP contribution is 2.23. The standard InChI is InChI=1S/C19H24N2O3S/c1-4-5-13-20-19(22)16-9-11-17(12-10-16)25(23,24)21-18-14(2)7-6-8-15(18)3/h6-12,21H,4-5,13H2,1-3H3,(H,20,22). The number of anilines is 1. The first-order chi connectivity index (χ1) is 11.8. The molecule has 0 atom stereocenters. The maximum atomic E-state index is 12.6. The summed E-state index contributed by atoms with van der Waals surface area (Å²) < 4.78 is 27.8. The molecule has 0 fully saturated rings. The van der Waals surface area contributed by atoms with Crippen molar-refractivity contribution in [3.05, 3.63) is 59.2 Å². The van der Waals surface area contributed by atoms with Crippen molar-refractivity contribution in [2.45, 2.75) is 38.5 Å². The Morgan fingerprint density at radius 1 is 1.00 bits per heavy atom. The first-order valence-electron chi connectivity index (χ1n) is 8.32. The Morgan fingerprint density at radius 3 is 2.16 bits per heavy atom. The van der Waals surface area contributed by atoms with Crippen LogP contribution < -0.4 is 10.0 Å². The number of para-hydroxylation sites is 1. The van der Waals surface area contributed by atoms with Crippen LogP contribution in [0.25, 0.3) is 0 Å². The zero-order valence-electron chi connectivity index (χ0n) is 14.8. The van der Waals surface area contributed by atoms with E-state index >= 15 is 0 Å². The molecule has 2 N–H and O–H groups in total. The van der Waals surface area contributed by atoms with Crippen molar-refractivity contribution in [2.75, 3.05) is 11.3 Å². The molecule has 134 valence electrons. The van der Waals surface area contributed by atoms with E-state index in [9.17, 15) is 13.2 Å². The molecule has 6 heteroatoms. The van der Waals surface area contributed by atoms with Gasteiger partial charge in [0.2, 0.25) is 0 Å². The van der Waals surface area contributed by atoms with E-state index in [0.717, 1.165) is 24.0 Å². The average molecular weight is 360 g/mol. The van der Waals surface area contributed by atoms with E-state index in [1.807, 2.05) is 32.0 Å². The Balaban J connectivity index is 2.16. The molecule has 0 radical (unpaired) electrons. The third kappa shape index (κ3) is 4.82. The molecule has 0 unspecified atom stereocenters. The molecule has 0 aliphatic carbocycles. The second kappa shape index (κ2) is 8.16. The van der Waals surface area contributed by atoms with E-state index in [2.05, 4.69) is 17.0 Å². The summed E-state index contributed by atoms with van der Waals surface area (Å²) in [6, 6.07) is 11.5. The van der Waals surface area contributed by atoms with Crippen LogP contribution in [-0.2, 0) is 10.0 Å². The SMILES string of the molecule is CCCCNC(=O)c1ccc(S(=O)(=O)Nc2c(C)cccc2C)cc1. The molecule has 25 heavy (non-hydrogen) atoms. The molecule has 2 rings (SSSR count). The number of benzene rings is 2. The molecule has 1 amide bonds. The number of amides is 1. The van der Waals surface area contributed by atoms with Crippen LogP contribution in [0.5, 0.6) is 0 Å². The summed E-state index contributed by atoms with van der Waals surface area (Å²) in [6.45, 7) is 6.38. The van der Waals surface area contributed by atoms with Crippen LogP contribution in [0.2, 0.25) is 0 Å². The lowest BCUT2D eigenvalue weighted by molar-refractivity contribution is 0.0953. The van der Waals surface area contributed by atoms with Gasteiger partial charge in [-0.2, -0.15) is 0 Å². The second-order valence-corrected chi connectivity index (χ2v) is 7.69. The van der Waals surface area contributed by atoms with Crippen molar-refractivity contribution in [2.24, 2.45) is 0 Å². The van der Waals surface area contributed by atoms with Gasteiger partial charge >= 0.3 is 0 Å². The average Bonchev–Trinajstić information content (AvgIpc) is 2.58. The quantitative estimate of drug-likeness (QED) is 0.740. The van der Waals surface area contributed by atoms with Crippen molar-refractivity contribution in [1.82, 2.24) is 5.32 Å². The van der Waals surface area contributed by atoms with Crippen molar-refractivity contribution < 1.29 is 13.2 Å². The smallest absolute Gasteiger partial charge is 0.261 e. The Kier molecular flexibility index (Phi) is 6.20. The van der Waals surface area contributed by atoms with Crippen molar-refractivity contribution >= 4 is 21.6 Å². The molecule has 0 heterocycles. The Labute approximate surface area is 149 Å². The van der Waals surface area contributed by atoms with Crippen molar-refractivity contribution in [3.8, 4) is 0 Å². The topological polar surface area (TPSA) is 75.3 Å². The number of hydrogen-bond donors (Lipinski definition) is 2. The molecule has 0 aliphatic heterocycles. The molecule has 0 aromatic heterocycles. The molecular weight excluding hydrogens is 336 g/mol. The van der Waals surface area contributed by atoms with Crippen LogP contribution in [0.4, 0.5) is 5.69 Å². The lowest BCUT2D eigenvalue weighted by atomic mass is 10.1. The molecule has 0 saturated carbocycles. The minimum Gasteiger partial charge on any atom is -0.352 e. The summed E-state index contributed by atoms with van der Waals surface area (Å²) in [5.74, 6) is -0.194. The van der Waals surface area contributed by atoms with Crippen LogP contribution in [0.15, 0.2) is 47.4 Å². The van der Waals surface area contributed by atoms with Gasteiger partial charge in [-0.25, -0.2) is 8.42 Å². The summed E-state index contributed by atoms with van der Waals surface area (Å²) in [5.41, 5.74) is 2.75. The lowest BCUT2D eigenvalue weighted by Crippen LogP contribution is -2.24. The number of nitrogens with one attached hydrogen (secondary N) is 2. The summed E-state index contributed by atoms with van der Waals surface area (Å²) >= 11 is 0. The van der Waals surface area contributed by atoms with Crippen molar-refractivity contribution in [1.29, 1.82) is 0 Å². The zero-order valence-corrected chi connectivity index (χ0v) is 15.6. The number of carbonyl (C=O) groups is 1. The predicted molar refractivity (Wildman–Crippen MR) is 100 cm³/mol. The molecule has 5 nitrogen and oxygen atoms in total.